The summed E-state index contributed by atoms with van der Waals surface area (Å²) in [5.41, 5.74) is -7.71. The molecule has 0 amide bonds. The molecule has 6 aliphatic carbocycles. The van der Waals surface area contributed by atoms with Crippen molar-refractivity contribution in [3.63, 3.8) is 0 Å². The van der Waals surface area contributed by atoms with Crippen molar-refractivity contribution in [3.05, 3.63) is 244 Å². The molecule has 756 valence electrons. The number of carbonyl (C=O) groups is 6. The van der Waals surface area contributed by atoms with Crippen LogP contribution in [0.2, 0.25) is 35.8 Å². The number of carbonyl (C=O) groups excluding carboxylic acids is 6. The summed E-state index contributed by atoms with van der Waals surface area (Å²) in [6, 6.07) is 1.04. The molecule has 0 aliphatic heterocycles. The Balaban J connectivity index is 0.000000273. The normalized spacial score (nSPS) is 26.1. The SMILES string of the molecule is [2H]C1=C(C(=O)OCC)[C@H](S(=O)(=O)Nc2c([2H])c([2H])c(F)c([2H])c2Cl)C([2H])([2H])C([2H])([2H])C1([2H])[2H].[2H]C1=C(C(=O)OCC)[C@]([2H])(S(=O)(=O)Nc2c([2H])c([2H])c(F)c([2H])c2Cl)C([2H])([2H])C([2H])([2H])C1([2H])[2H].[2H]N(c1ccc(F)cc1Cl)S(=O)(=O)[C@@H]1CCC([2H])([2H])C=C1C(=O)OCC.[2H]N(c1ccc(F)cc1Cl)S(=O)(=O)[C@@H]1CCCC=C1C(=O)OCC.[2H]N(c1ccc(F)cc1Cl)S(=O)(=O)[C@]1([2H])CCC([2H])([2H])C=C1C(=O)OCC.[2H]N(c1ccc(F)cc1Cl)S(=O)(=O)[C@]1([2H])CCCC=C1C(=O)OCC. The first kappa shape index (κ1) is 76.2. The summed E-state index contributed by atoms with van der Waals surface area (Å²) in [5, 5.41) is -17.9. The summed E-state index contributed by atoms with van der Waals surface area (Å²) >= 11 is 34.8. The van der Waals surface area contributed by atoms with Crippen molar-refractivity contribution in [2.75, 3.05) is 67.9 Å². The summed E-state index contributed by atoms with van der Waals surface area (Å²) in [4.78, 5) is 73.5. The molecule has 0 saturated heterocycles. The first-order valence-corrected chi connectivity index (χ1v) is 51.1. The lowest BCUT2D eigenvalue weighted by molar-refractivity contribution is -0.139. The molecule has 0 heterocycles. The molecule has 6 atom stereocenters. The van der Waals surface area contributed by atoms with Gasteiger partial charge in [-0.15, -0.1) is 0 Å². The van der Waals surface area contributed by atoms with Crippen LogP contribution in [0, 0.1) is 34.9 Å². The summed E-state index contributed by atoms with van der Waals surface area (Å²) < 4.78 is 514. The zero-order valence-corrected chi connectivity index (χ0v) is 81.8. The van der Waals surface area contributed by atoms with Gasteiger partial charge in [0.2, 0.25) is 60.1 Å². The van der Waals surface area contributed by atoms with Gasteiger partial charge in [0.05, 0.1) is 152 Å². The van der Waals surface area contributed by atoms with Crippen molar-refractivity contribution in [3.8, 4) is 0 Å². The van der Waals surface area contributed by atoms with E-state index in [4.69, 9.17) is 131 Å². The van der Waals surface area contributed by atoms with E-state index >= 15 is 0 Å². The molecule has 0 radical (unpaired) electrons. The highest BCUT2D eigenvalue weighted by Crippen LogP contribution is 2.39. The van der Waals surface area contributed by atoms with Gasteiger partial charge >= 0.3 is 35.8 Å². The van der Waals surface area contributed by atoms with E-state index in [0.717, 1.165) is 84.9 Å². The second-order valence-corrected chi connectivity index (χ2v) is 39.7. The maximum Gasteiger partial charge on any atom is 0.335 e. The Labute approximate surface area is 871 Å². The predicted octanol–water partition coefficient (Wildman–Crippen LogP) is 19.6. The Morgan fingerprint density at radius 2 is 0.645 bits per heavy atom. The van der Waals surface area contributed by atoms with E-state index in [0.29, 0.717) is 25.7 Å². The molecule has 6 N–H and O–H groups in total. The predicted molar refractivity (Wildman–Crippen MR) is 518 cm³/mol. The number of allylic oxidation sites excluding steroid dienone is 6. The van der Waals surface area contributed by atoms with E-state index < -0.39 is 318 Å². The van der Waals surface area contributed by atoms with Crippen molar-refractivity contribution < 1.29 is 177 Å². The van der Waals surface area contributed by atoms with Crippen LogP contribution in [-0.2, 0) is 117 Å². The first-order valence-electron chi connectivity index (χ1n) is 55.2. The summed E-state index contributed by atoms with van der Waals surface area (Å²) in [7, 11) is -29.5. The highest BCUT2D eigenvalue weighted by molar-refractivity contribution is 7.95. The molecule has 0 unspecified atom stereocenters. The maximum atomic E-state index is 13.9. The fourth-order valence-electron chi connectivity index (χ4n) is 11.6. The zero-order valence-electron chi connectivity index (χ0n) is 103. The highest BCUT2D eigenvalue weighted by atomic mass is 35.5. The molecule has 0 spiro atoms. The number of hydrogen-bond donors (Lipinski definition) is 6. The molecule has 6 aromatic carbocycles. The van der Waals surface area contributed by atoms with Crippen molar-refractivity contribution in [2.45, 2.75) is 188 Å². The van der Waals surface area contributed by atoms with E-state index in [2.05, 4.69) is 9.47 Å². The number of ether oxygens (including phenoxy) is 6. The minimum Gasteiger partial charge on any atom is -0.463 e. The Morgan fingerprint density at radius 1 is 0.341 bits per heavy atom. The third-order valence-corrected chi connectivity index (χ3v) is 28.4. The molecular weight excluding hydrogens is 2070 g/mol. The number of halogens is 12. The van der Waals surface area contributed by atoms with Crippen LogP contribution < -0.4 is 28.3 Å². The van der Waals surface area contributed by atoms with E-state index in [9.17, 15) is 106 Å². The van der Waals surface area contributed by atoms with Crippen molar-refractivity contribution in [2.24, 2.45) is 0 Å². The molecule has 0 saturated carbocycles. The quantitative estimate of drug-likeness (QED) is 0.0139. The number of nitrogens with one attached hydrogen (secondary N) is 6. The minimum absolute atomic E-state index is 0.0136. The molecule has 48 heteroatoms. The number of hydrogen-bond acceptors (Lipinski definition) is 24. The van der Waals surface area contributed by atoms with Crippen molar-refractivity contribution in [1.82, 2.24) is 0 Å². The Bertz CT molecular complexity index is 8000. The third-order valence-electron chi connectivity index (χ3n) is 17.6. The zero-order chi connectivity index (χ0) is 130. The summed E-state index contributed by atoms with van der Waals surface area (Å²) in [6.45, 7) is 7.92. The number of rotatable bonds is 30. The van der Waals surface area contributed by atoms with Crippen LogP contribution in [0.5, 0.6) is 0 Å². The molecule has 0 aromatic heterocycles. The molecule has 6 aromatic rings. The van der Waals surface area contributed by atoms with E-state index in [-0.39, 0.29) is 138 Å². The molecule has 30 nitrogen and oxygen atoms in total. The lowest BCUT2D eigenvalue weighted by Gasteiger charge is -2.24. The average Bonchev–Trinajstić information content (AvgIpc) is 0.671. The van der Waals surface area contributed by atoms with Crippen LogP contribution in [-0.4, -0.2) is 157 Å². The van der Waals surface area contributed by atoms with E-state index in [1.807, 2.05) is 0 Å². The maximum absolute atomic E-state index is 13.9. The topological polar surface area (TPSA) is 435 Å². The standard InChI is InChI=1S/6C15H17ClFNO4S/c6*1-2-22-15(19)11-5-3-4-6-14(11)23(20,21)18-13-8-7-10(17)9-12(13)16/h6*5,7-9,14,18H,2-4,6H2,1H3/t6*14-/m111111/s1/i3D2,4D2,5D,6D2,7D,8D,9D,14D;3D2,4D2,5D,6D2,7D,8D,9D;3D2,14D;14D;3D2;/hD4. The lowest BCUT2D eigenvalue weighted by Crippen LogP contribution is -2.34. The minimum atomic E-state index is -5.84. The fraction of sp³-hybridized carbons (Fsp3) is 0.400. The third kappa shape index (κ3) is 33.8. The monoisotopic (exact) mass is 2200 g/mol. The average molecular weight is 2200 g/mol. The molecule has 0 fully saturated rings. The smallest absolute Gasteiger partial charge is 0.335 e. The molecule has 0 bridgehead atoms. The van der Waals surface area contributed by atoms with Gasteiger partial charge in [0.15, 0.2) is 5.65 Å². The van der Waals surface area contributed by atoms with Gasteiger partial charge in [-0.25, -0.2) is 106 Å². The molecule has 12 rings (SSSR count). The Morgan fingerprint density at radius 3 is 1.04 bits per heavy atom. The Hall–Kier alpha value is -9.60. The van der Waals surface area contributed by atoms with E-state index in [1.54, 1.807) is 18.6 Å². The van der Waals surface area contributed by atoms with Crippen molar-refractivity contribution >= 4 is 200 Å². The second-order valence-electron chi connectivity index (χ2n) is 27.1. The van der Waals surface area contributed by atoms with Crippen LogP contribution in [0.25, 0.3) is 0 Å². The Kier molecular flexibility index (Phi) is 29.7. The van der Waals surface area contributed by atoms with Crippen LogP contribution in [0.3, 0.4) is 0 Å². The summed E-state index contributed by atoms with van der Waals surface area (Å²) in [5.74, 6) is -13.0. The van der Waals surface area contributed by atoms with Gasteiger partial charge in [-0.05, 0) is 266 Å². The lowest BCUT2D eigenvalue weighted by atomic mass is 9.99. The van der Waals surface area contributed by atoms with Crippen LogP contribution >= 0.6 is 69.6 Å². The fourth-order valence-corrected chi connectivity index (χ4v) is 21.2. The van der Waals surface area contributed by atoms with Crippen LogP contribution in [0.15, 0.2) is 179 Å². The van der Waals surface area contributed by atoms with Crippen LogP contribution in [0.4, 0.5) is 60.5 Å². The number of sulfonamides is 6. The molecule has 138 heavy (non-hydrogen) atoms. The van der Waals surface area contributed by atoms with Crippen molar-refractivity contribution in [1.29, 1.82) is 0 Å². The molecule has 6 aliphatic rings. The number of anilines is 6. The van der Waals surface area contributed by atoms with Gasteiger partial charge in [-0.2, -0.15) is 0 Å². The van der Waals surface area contributed by atoms with Gasteiger partial charge in [-0.1, -0.05) is 106 Å². The number of esters is 6. The van der Waals surface area contributed by atoms with Gasteiger partial charge in [-0.3, -0.25) is 28.3 Å². The largest absolute Gasteiger partial charge is 0.463 e. The number of benzene rings is 6. The van der Waals surface area contributed by atoms with Gasteiger partial charge in [0.1, 0.15) is 66.3 Å². The second kappa shape index (κ2) is 53.9. The van der Waals surface area contributed by atoms with Gasteiger partial charge in [0, 0.05) is 21.9 Å². The first-order chi connectivity index (χ1) is 77.2. The van der Waals surface area contributed by atoms with Gasteiger partial charge < -0.3 is 28.4 Å². The van der Waals surface area contributed by atoms with Gasteiger partial charge in [0.25, 0.3) is 0 Å². The summed E-state index contributed by atoms with van der Waals surface area (Å²) in [6.07, 6.45) is -21.1. The molecular formula is C90H102Cl6F6N6O24S6. The van der Waals surface area contributed by atoms with E-state index in [1.165, 1.54) is 44.6 Å². The van der Waals surface area contributed by atoms with Crippen LogP contribution in [0.1, 0.15) is 194 Å². The highest BCUT2D eigenvalue weighted by Gasteiger charge is 2.42.